The van der Waals surface area contributed by atoms with Gasteiger partial charge in [-0.1, -0.05) is 91.1 Å². The maximum Gasteiger partial charge on any atom is 0.243 e. The van der Waals surface area contributed by atoms with Gasteiger partial charge in [0.2, 0.25) is 11.8 Å². The van der Waals surface area contributed by atoms with Crippen LogP contribution in [0.5, 0.6) is 0 Å². The molecule has 1 atom stereocenters. The smallest absolute Gasteiger partial charge is 0.243 e. The number of nitrogens with zero attached hydrogens (tertiary/aromatic N) is 1. The fourth-order valence-corrected chi connectivity index (χ4v) is 4.24. The molecular formula is C28H30Cl2N2O2. The van der Waals surface area contributed by atoms with E-state index in [-0.39, 0.29) is 24.8 Å². The zero-order valence-corrected chi connectivity index (χ0v) is 20.9. The monoisotopic (exact) mass is 496 g/mol. The molecule has 3 aromatic carbocycles. The van der Waals surface area contributed by atoms with E-state index in [4.69, 9.17) is 23.2 Å². The van der Waals surface area contributed by atoms with E-state index >= 15 is 0 Å². The first kappa shape index (κ1) is 25.8. The quantitative estimate of drug-likeness (QED) is 0.326. The van der Waals surface area contributed by atoms with E-state index in [9.17, 15) is 9.59 Å². The minimum atomic E-state index is -0.662. The zero-order valence-electron chi connectivity index (χ0n) is 19.3. The predicted octanol–water partition coefficient (Wildman–Crippen LogP) is 6.09. The van der Waals surface area contributed by atoms with Gasteiger partial charge >= 0.3 is 0 Å². The fraction of sp³-hybridized carbons (Fsp3) is 0.286. The van der Waals surface area contributed by atoms with Crippen LogP contribution in [0.25, 0.3) is 0 Å². The van der Waals surface area contributed by atoms with Gasteiger partial charge in [-0.3, -0.25) is 9.59 Å². The van der Waals surface area contributed by atoms with Crippen LogP contribution in [0, 0.1) is 0 Å². The average molecular weight is 497 g/mol. The van der Waals surface area contributed by atoms with Crippen molar-refractivity contribution >= 4 is 35.0 Å². The molecule has 2 amide bonds. The van der Waals surface area contributed by atoms with Crippen molar-refractivity contribution in [1.82, 2.24) is 10.2 Å². The van der Waals surface area contributed by atoms with Crippen molar-refractivity contribution in [3.8, 4) is 0 Å². The molecule has 0 aliphatic carbocycles. The molecule has 0 aromatic heterocycles. The van der Waals surface area contributed by atoms with Crippen LogP contribution in [0.2, 0.25) is 10.0 Å². The number of rotatable bonds is 11. The Labute approximate surface area is 211 Å². The van der Waals surface area contributed by atoms with Crippen LogP contribution in [0.15, 0.2) is 78.9 Å². The molecule has 0 fully saturated rings. The van der Waals surface area contributed by atoms with Gasteiger partial charge in [-0.2, -0.15) is 0 Å². The number of unbranched alkanes of at least 4 members (excludes halogenated alkanes) is 1. The van der Waals surface area contributed by atoms with Crippen molar-refractivity contribution in [2.75, 3.05) is 6.54 Å². The minimum Gasteiger partial charge on any atom is -0.354 e. The van der Waals surface area contributed by atoms with E-state index in [1.807, 2.05) is 60.7 Å². The van der Waals surface area contributed by atoms with Crippen molar-refractivity contribution in [3.05, 3.63) is 106 Å². The standard InChI is InChI=1S/C28H30Cl2N2O2/c1-2-3-15-31-28(34)26(18-21-9-5-4-6-10-21)32(20-23-12-8-14-25(30)17-23)27(33)19-22-11-7-13-24(29)16-22/h4-14,16-17,26H,2-3,15,18-20H2,1H3,(H,31,34). The maximum absolute atomic E-state index is 13.6. The molecule has 1 unspecified atom stereocenters. The molecule has 0 saturated heterocycles. The van der Waals surface area contributed by atoms with E-state index < -0.39 is 6.04 Å². The fourth-order valence-electron chi connectivity index (χ4n) is 3.82. The lowest BCUT2D eigenvalue weighted by Crippen LogP contribution is -2.51. The molecule has 0 saturated carbocycles. The number of nitrogens with one attached hydrogen (secondary N) is 1. The van der Waals surface area contributed by atoms with Crippen LogP contribution in [-0.4, -0.2) is 29.3 Å². The molecule has 6 heteroatoms. The van der Waals surface area contributed by atoms with E-state index in [0.717, 1.165) is 29.5 Å². The second kappa shape index (κ2) is 13.2. The number of hydrogen-bond acceptors (Lipinski definition) is 2. The van der Waals surface area contributed by atoms with Crippen LogP contribution < -0.4 is 5.32 Å². The van der Waals surface area contributed by atoms with Gasteiger partial charge < -0.3 is 10.2 Å². The Kier molecular flexibility index (Phi) is 9.99. The van der Waals surface area contributed by atoms with Gasteiger partial charge in [0, 0.05) is 29.6 Å². The second-order valence-corrected chi connectivity index (χ2v) is 9.18. The highest BCUT2D eigenvalue weighted by Gasteiger charge is 2.30. The van der Waals surface area contributed by atoms with Crippen molar-refractivity contribution in [3.63, 3.8) is 0 Å². The van der Waals surface area contributed by atoms with Gasteiger partial charge in [-0.05, 0) is 47.4 Å². The predicted molar refractivity (Wildman–Crippen MR) is 139 cm³/mol. The molecule has 178 valence electrons. The minimum absolute atomic E-state index is 0.145. The Morgan fingerprint density at radius 3 is 2.12 bits per heavy atom. The Hall–Kier alpha value is -2.82. The van der Waals surface area contributed by atoms with Gasteiger partial charge in [0.05, 0.1) is 6.42 Å². The largest absolute Gasteiger partial charge is 0.354 e. The van der Waals surface area contributed by atoms with E-state index in [0.29, 0.717) is 23.0 Å². The summed E-state index contributed by atoms with van der Waals surface area (Å²) in [5, 5.41) is 4.19. The molecule has 34 heavy (non-hydrogen) atoms. The topological polar surface area (TPSA) is 49.4 Å². The SMILES string of the molecule is CCCCNC(=O)C(Cc1ccccc1)N(Cc1cccc(Cl)c1)C(=O)Cc1cccc(Cl)c1. The van der Waals surface area contributed by atoms with Crippen LogP contribution in [0.1, 0.15) is 36.5 Å². The average Bonchev–Trinajstić information content (AvgIpc) is 2.82. The van der Waals surface area contributed by atoms with Crippen LogP contribution >= 0.6 is 23.2 Å². The summed E-state index contributed by atoms with van der Waals surface area (Å²) in [6.45, 7) is 2.93. The highest BCUT2D eigenvalue weighted by molar-refractivity contribution is 6.30. The summed E-state index contributed by atoms with van der Waals surface area (Å²) in [5.74, 6) is -0.299. The summed E-state index contributed by atoms with van der Waals surface area (Å²) in [4.78, 5) is 28.7. The van der Waals surface area contributed by atoms with Crippen LogP contribution in [0.4, 0.5) is 0 Å². The van der Waals surface area contributed by atoms with Crippen molar-refractivity contribution in [2.45, 2.75) is 45.2 Å². The summed E-state index contributed by atoms with van der Waals surface area (Å²) >= 11 is 12.4. The first-order valence-electron chi connectivity index (χ1n) is 11.6. The van der Waals surface area contributed by atoms with Gasteiger partial charge in [-0.15, -0.1) is 0 Å². The first-order valence-corrected chi connectivity index (χ1v) is 12.3. The van der Waals surface area contributed by atoms with Gasteiger partial charge in [0.1, 0.15) is 6.04 Å². The number of hydrogen-bond donors (Lipinski definition) is 1. The van der Waals surface area contributed by atoms with Crippen molar-refractivity contribution < 1.29 is 9.59 Å². The van der Waals surface area contributed by atoms with Gasteiger partial charge in [0.15, 0.2) is 0 Å². The molecule has 4 nitrogen and oxygen atoms in total. The molecule has 3 rings (SSSR count). The van der Waals surface area contributed by atoms with Crippen LogP contribution in [-0.2, 0) is 29.0 Å². The number of benzene rings is 3. The molecule has 0 heterocycles. The highest BCUT2D eigenvalue weighted by atomic mass is 35.5. The van der Waals surface area contributed by atoms with E-state index in [2.05, 4.69) is 12.2 Å². The summed E-state index contributed by atoms with van der Waals surface area (Å²) in [5.41, 5.74) is 2.66. The lowest BCUT2D eigenvalue weighted by Gasteiger charge is -2.32. The third-order valence-corrected chi connectivity index (χ3v) is 6.06. The summed E-state index contributed by atoms with van der Waals surface area (Å²) < 4.78 is 0. The van der Waals surface area contributed by atoms with Gasteiger partial charge in [-0.25, -0.2) is 0 Å². The lowest BCUT2D eigenvalue weighted by atomic mass is 10.0. The van der Waals surface area contributed by atoms with Crippen molar-refractivity contribution in [1.29, 1.82) is 0 Å². The lowest BCUT2D eigenvalue weighted by molar-refractivity contribution is -0.140. The Balaban J connectivity index is 1.94. The highest BCUT2D eigenvalue weighted by Crippen LogP contribution is 2.19. The number of halogens is 2. The molecule has 3 aromatic rings. The number of carbonyl (C=O) groups is 2. The molecule has 0 spiro atoms. The first-order chi connectivity index (χ1) is 16.5. The maximum atomic E-state index is 13.6. The molecular weight excluding hydrogens is 467 g/mol. The second-order valence-electron chi connectivity index (χ2n) is 8.31. The summed E-state index contributed by atoms with van der Waals surface area (Å²) in [6, 6.07) is 23.8. The molecule has 1 N–H and O–H groups in total. The Morgan fingerprint density at radius 2 is 1.47 bits per heavy atom. The normalized spacial score (nSPS) is 11.6. The Bertz CT molecular complexity index is 1090. The van der Waals surface area contributed by atoms with E-state index in [1.165, 1.54) is 0 Å². The molecule has 0 radical (unpaired) electrons. The van der Waals surface area contributed by atoms with E-state index in [1.54, 1.807) is 23.1 Å². The number of carbonyl (C=O) groups excluding carboxylic acids is 2. The summed E-state index contributed by atoms with van der Waals surface area (Å²) in [7, 11) is 0. The molecule has 0 aliphatic heterocycles. The summed E-state index contributed by atoms with van der Waals surface area (Å²) in [6.07, 6.45) is 2.42. The van der Waals surface area contributed by atoms with Crippen LogP contribution in [0.3, 0.4) is 0 Å². The zero-order chi connectivity index (χ0) is 24.3. The molecule has 0 aliphatic rings. The van der Waals surface area contributed by atoms with Crippen molar-refractivity contribution in [2.24, 2.45) is 0 Å². The molecule has 0 bridgehead atoms. The number of amides is 2. The third kappa shape index (κ3) is 7.89. The Morgan fingerprint density at radius 1 is 0.853 bits per heavy atom. The van der Waals surface area contributed by atoms with Gasteiger partial charge in [0.25, 0.3) is 0 Å². The third-order valence-electron chi connectivity index (χ3n) is 5.59.